The van der Waals surface area contributed by atoms with Crippen LogP contribution >= 0.6 is 23.2 Å². The van der Waals surface area contributed by atoms with Gasteiger partial charge in [-0.2, -0.15) is 0 Å². The van der Waals surface area contributed by atoms with Crippen LogP contribution in [-0.4, -0.2) is 50.5 Å². The highest BCUT2D eigenvalue weighted by Crippen LogP contribution is 2.29. The normalized spacial score (nSPS) is 12.7. The molecule has 0 spiro atoms. The fourth-order valence-corrected chi connectivity index (χ4v) is 5.17. The van der Waals surface area contributed by atoms with Crippen molar-refractivity contribution in [2.24, 2.45) is 0 Å². The maximum Gasteiger partial charge on any atom is 0.244 e. The van der Waals surface area contributed by atoms with E-state index in [1.165, 1.54) is 4.90 Å². The number of likely N-dealkylation sites (N-methyl/N-ethyl adjacent to an activating group) is 1. The minimum atomic E-state index is -3.81. The number of sulfonamides is 1. The Morgan fingerprint density at radius 3 is 2.00 bits per heavy atom. The second kappa shape index (κ2) is 12.3. The van der Waals surface area contributed by atoms with Gasteiger partial charge < -0.3 is 10.2 Å². The summed E-state index contributed by atoms with van der Waals surface area (Å²) in [5.41, 5.74) is 1.76. The summed E-state index contributed by atoms with van der Waals surface area (Å²) in [6, 6.07) is 11.2. The highest BCUT2D eigenvalue weighted by atomic mass is 35.5. The lowest BCUT2D eigenvalue weighted by Gasteiger charge is -2.33. The minimum absolute atomic E-state index is 0.0481. The maximum absolute atomic E-state index is 13.7. The van der Waals surface area contributed by atoms with E-state index >= 15 is 0 Å². The van der Waals surface area contributed by atoms with Crippen LogP contribution in [0.25, 0.3) is 0 Å². The number of halogens is 2. The summed E-state index contributed by atoms with van der Waals surface area (Å²) in [5.74, 6) is -0.883. The number of hydrogen-bond acceptors (Lipinski definition) is 4. The smallest absolute Gasteiger partial charge is 0.244 e. The third-order valence-electron chi connectivity index (χ3n) is 5.83. The molecule has 0 radical (unpaired) electrons. The number of nitrogens with one attached hydrogen (secondary N) is 1. The molecular formula is C26H35Cl2N3O4S. The van der Waals surface area contributed by atoms with E-state index in [1.54, 1.807) is 44.2 Å². The van der Waals surface area contributed by atoms with Crippen molar-refractivity contribution in [3.63, 3.8) is 0 Å². The second-order valence-corrected chi connectivity index (χ2v) is 12.3. The van der Waals surface area contributed by atoms with E-state index in [9.17, 15) is 18.0 Å². The molecule has 1 N–H and O–H groups in total. The number of benzene rings is 2. The van der Waals surface area contributed by atoms with E-state index in [4.69, 9.17) is 23.2 Å². The average molecular weight is 557 g/mol. The van der Waals surface area contributed by atoms with Crippen molar-refractivity contribution >= 4 is 50.7 Å². The SMILES string of the molecule is CCNC(=O)[C@H](CC)N(Cc1c(Cl)cccc1Cl)C(=O)CN(c1ccc(C(C)(C)C)cc1)S(C)(=O)=O. The van der Waals surface area contributed by atoms with E-state index < -0.39 is 28.5 Å². The Labute approximate surface area is 224 Å². The summed E-state index contributed by atoms with van der Waals surface area (Å²) in [5, 5.41) is 3.45. The first-order valence-electron chi connectivity index (χ1n) is 11.8. The Kier molecular flexibility index (Phi) is 10.2. The number of carbonyl (C=O) groups excluding carboxylic acids is 2. The number of carbonyl (C=O) groups is 2. The predicted molar refractivity (Wildman–Crippen MR) is 147 cm³/mol. The van der Waals surface area contributed by atoms with Crippen molar-refractivity contribution in [2.75, 3.05) is 23.7 Å². The quantitative estimate of drug-likeness (QED) is 0.446. The predicted octanol–water partition coefficient (Wildman–Crippen LogP) is 5.00. The van der Waals surface area contributed by atoms with E-state index in [1.807, 2.05) is 12.1 Å². The van der Waals surface area contributed by atoms with Crippen molar-refractivity contribution in [3.8, 4) is 0 Å². The van der Waals surface area contributed by atoms with Crippen molar-refractivity contribution < 1.29 is 18.0 Å². The van der Waals surface area contributed by atoms with Crippen LogP contribution in [0.5, 0.6) is 0 Å². The molecular weight excluding hydrogens is 521 g/mol. The van der Waals surface area contributed by atoms with Crippen LogP contribution in [-0.2, 0) is 31.6 Å². The number of hydrogen-bond donors (Lipinski definition) is 1. The molecule has 0 saturated heterocycles. The molecule has 0 aromatic heterocycles. The fourth-order valence-electron chi connectivity index (χ4n) is 3.81. The molecule has 1 atom stereocenters. The standard InChI is InChI=1S/C26H35Cl2N3O4S/c1-7-23(25(33)29-8-2)30(16-20-21(27)10-9-11-22(20)28)24(32)17-31(36(6,34)35)19-14-12-18(13-15-19)26(3,4)5/h9-15,23H,7-8,16-17H2,1-6H3,(H,29,33)/t23-/m0/s1. The van der Waals surface area contributed by atoms with Crippen molar-refractivity contribution in [1.29, 1.82) is 0 Å². The minimum Gasteiger partial charge on any atom is -0.355 e. The Morgan fingerprint density at radius 1 is 1.00 bits per heavy atom. The molecule has 2 aromatic carbocycles. The van der Waals surface area contributed by atoms with Gasteiger partial charge >= 0.3 is 0 Å². The molecule has 2 rings (SSSR count). The van der Waals surface area contributed by atoms with Crippen LogP contribution in [0.2, 0.25) is 10.0 Å². The molecule has 198 valence electrons. The Bertz CT molecular complexity index is 1160. The van der Waals surface area contributed by atoms with Gasteiger partial charge in [-0.15, -0.1) is 0 Å². The monoisotopic (exact) mass is 555 g/mol. The summed E-state index contributed by atoms with van der Waals surface area (Å²) < 4.78 is 26.5. The number of rotatable bonds is 10. The number of anilines is 1. The third kappa shape index (κ3) is 7.60. The topological polar surface area (TPSA) is 86.8 Å². The zero-order valence-corrected chi connectivity index (χ0v) is 24.0. The van der Waals surface area contributed by atoms with E-state index in [0.717, 1.165) is 16.1 Å². The van der Waals surface area contributed by atoms with Gasteiger partial charge in [0.25, 0.3) is 0 Å². The Morgan fingerprint density at radius 2 is 1.56 bits per heavy atom. The van der Waals surface area contributed by atoms with Crippen molar-refractivity contribution in [3.05, 3.63) is 63.6 Å². The fraction of sp³-hybridized carbons (Fsp3) is 0.462. The third-order valence-corrected chi connectivity index (χ3v) is 7.68. The van der Waals surface area contributed by atoms with Gasteiger partial charge in [0.05, 0.1) is 11.9 Å². The van der Waals surface area contributed by atoms with Gasteiger partial charge in [0.2, 0.25) is 21.8 Å². The lowest BCUT2D eigenvalue weighted by atomic mass is 9.87. The highest BCUT2D eigenvalue weighted by Gasteiger charge is 2.32. The van der Waals surface area contributed by atoms with Gasteiger partial charge in [0.15, 0.2) is 0 Å². The van der Waals surface area contributed by atoms with Crippen LogP contribution in [0.4, 0.5) is 5.69 Å². The van der Waals surface area contributed by atoms with Crippen LogP contribution in [0, 0.1) is 0 Å². The molecule has 2 aromatic rings. The van der Waals surface area contributed by atoms with Gasteiger partial charge in [-0.3, -0.25) is 13.9 Å². The molecule has 7 nitrogen and oxygen atoms in total. The summed E-state index contributed by atoms with van der Waals surface area (Å²) in [4.78, 5) is 27.9. The first kappa shape index (κ1) is 29.9. The molecule has 0 heterocycles. The molecule has 0 saturated carbocycles. The van der Waals surface area contributed by atoms with E-state index in [0.29, 0.717) is 34.3 Å². The molecule has 10 heteroatoms. The zero-order valence-electron chi connectivity index (χ0n) is 21.6. The van der Waals surface area contributed by atoms with Gasteiger partial charge in [-0.1, -0.05) is 69.1 Å². The van der Waals surface area contributed by atoms with Crippen LogP contribution in [0.3, 0.4) is 0 Å². The lowest BCUT2D eigenvalue weighted by molar-refractivity contribution is -0.140. The average Bonchev–Trinajstić information content (AvgIpc) is 2.78. The number of nitrogens with zero attached hydrogens (tertiary/aromatic N) is 2. The molecule has 2 amide bonds. The number of amides is 2. The van der Waals surface area contributed by atoms with E-state index in [-0.39, 0.29) is 17.9 Å². The second-order valence-electron chi connectivity index (χ2n) is 9.61. The van der Waals surface area contributed by atoms with Gasteiger partial charge in [-0.25, -0.2) is 8.42 Å². The van der Waals surface area contributed by atoms with Gasteiger partial charge in [0.1, 0.15) is 12.6 Å². The van der Waals surface area contributed by atoms with Crippen LogP contribution in [0.15, 0.2) is 42.5 Å². The molecule has 0 fully saturated rings. The highest BCUT2D eigenvalue weighted by molar-refractivity contribution is 7.92. The molecule has 0 aliphatic rings. The Balaban J connectivity index is 2.49. The van der Waals surface area contributed by atoms with Crippen LogP contribution in [0.1, 0.15) is 52.2 Å². The summed E-state index contributed by atoms with van der Waals surface area (Å²) in [6.45, 7) is 9.61. The maximum atomic E-state index is 13.7. The molecule has 0 unspecified atom stereocenters. The van der Waals surface area contributed by atoms with Crippen molar-refractivity contribution in [2.45, 2.75) is 59.0 Å². The van der Waals surface area contributed by atoms with Gasteiger partial charge in [-0.05, 0) is 48.6 Å². The Hall–Kier alpha value is -2.29. The first-order chi connectivity index (χ1) is 16.7. The van der Waals surface area contributed by atoms with Crippen LogP contribution < -0.4 is 9.62 Å². The molecule has 0 aliphatic carbocycles. The summed E-state index contributed by atoms with van der Waals surface area (Å²) >= 11 is 12.7. The molecule has 0 aliphatic heterocycles. The van der Waals surface area contributed by atoms with E-state index in [2.05, 4.69) is 26.1 Å². The summed E-state index contributed by atoms with van der Waals surface area (Å²) in [7, 11) is -3.81. The molecule has 0 bridgehead atoms. The lowest BCUT2D eigenvalue weighted by Crippen LogP contribution is -2.52. The molecule has 36 heavy (non-hydrogen) atoms. The van der Waals surface area contributed by atoms with Gasteiger partial charge in [0, 0.05) is 28.7 Å². The zero-order chi connectivity index (χ0) is 27.3. The summed E-state index contributed by atoms with van der Waals surface area (Å²) in [6.07, 6.45) is 1.37. The first-order valence-corrected chi connectivity index (χ1v) is 14.4. The largest absolute Gasteiger partial charge is 0.355 e. The van der Waals surface area contributed by atoms with Crippen molar-refractivity contribution in [1.82, 2.24) is 10.2 Å².